The summed E-state index contributed by atoms with van der Waals surface area (Å²) in [6.45, 7) is 4.16. The van der Waals surface area contributed by atoms with Crippen molar-refractivity contribution in [3.05, 3.63) is 81.8 Å². The molecule has 2 aliphatic rings. The lowest BCUT2D eigenvalue weighted by Crippen LogP contribution is -2.36. The zero-order chi connectivity index (χ0) is 24.0. The van der Waals surface area contributed by atoms with Gasteiger partial charge in [-0.15, -0.1) is 5.10 Å². The minimum absolute atomic E-state index is 0.0838. The molecule has 1 N–H and O–H groups in total. The van der Waals surface area contributed by atoms with Crippen LogP contribution in [0.5, 0.6) is 0 Å². The number of fused-ring (bicyclic) bond motifs is 1. The second-order valence-electron chi connectivity index (χ2n) is 9.29. The van der Waals surface area contributed by atoms with E-state index in [1.165, 1.54) is 36.0 Å². The van der Waals surface area contributed by atoms with Crippen molar-refractivity contribution < 1.29 is 14.0 Å². The van der Waals surface area contributed by atoms with E-state index in [-0.39, 0.29) is 28.6 Å². The lowest BCUT2D eigenvalue weighted by molar-refractivity contribution is -0.118. The first kappa shape index (κ1) is 22.8. The van der Waals surface area contributed by atoms with E-state index >= 15 is 0 Å². The molecule has 34 heavy (non-hydrogen) atoms. The van der Waals surface area contributed by atoms with Crippen molar-refractivity contribution in [3.63, 3.8) is 0 Å². The monoisotopic (exact) mass is 496 g/mol. The Bertz CT molecular complexity index is 1320. The van der Waals surface area contributed by atoms with Crippen molar-refractivity contribution in [2.24, 2.45) is 5.41 Å². The number of aromatic nitrogens is 3. The highest BCUT2D eigenvalue weighted by atomic mass is 35.5. The second-order valence-corrected chi connectivity index (χ2v) is 10.7. The van der Waals surface area contributed by atoms with Crippen molar-refractivity contribution in [1.29, 1.82) is 0 Å². The third-order valence-electron chi connectivity index (χ3n) is 6.00. The summed E-state index contributed by atoms with van der Waals surface area (Å²) in [7, 11) is 0. The minimum Gasteiger partial charge on any atom is -0.328 e. The number of thioether (sulfide) groups is 1. The van der Waals surface area contributed by atoms with Gasteiger partial charge in [-0.2, -0.15) is 4.98 Å². The Hall–Kier alpha value is -2.97. The van der Waals surface area contributed by atoms with E-state index in [1.54, 1.807) is 16.8 Å². The van der Waals surface area contributed by atoms with Crippen LogP contribution in [0.15, 0.2) is 65.0 Å². The molecule has 3 aromatic rings. The van der Waals surface area contributed by atoms with E-state index in [2.05, 4.69) is 29.2 Å². The van der Waals surface area contributed by atoms with Gasteiger partial charge in [-0.25, -0.2) is 9.07 Å². The number of hydrogen-bond donors (Lipinski definition) is 1. The summed E-state index contributed by atoms with van der Waals surface area (Å²) in [4.78, 5) is 30.4. The van der Waals surface area contributed by atoms with Gasteiger partial charge < -0.3 is 5.32 Å². The van der Waals surface area contributed by atoms with Gasteiger partial charge >= 0.3 is 0 Å². The number of ketones is 2. The number of hydrogen-bond acceptors (Lipinski definition) is 6. The first-order valence-corrected chi connectivity index (χ1v) is 12.2. The number of benzene rings is 2. The average molecular weight is 497 g/mol. The Kier molecular flexibility index (Phi) is 5.81. The molecule has 0 spiro atoms. The van der Waals surface area contributed by atoms with Gasteiger partial charge in [0.1, 0.15) is 11.9 Å². The maximum absolute atomic E-state index is 13.2. The van der Waals surface area contributed by atoms with Crippen LogP contribution in [0, 0.1) is 11.2 Å². The Morgan fingerprint density at radius 3 is 2.59 bits per heavy atom. The topological polar surface area (TPSA) is 76.9 Å². The van der Waals surface area contributed by atoms with Gasteiger partial charge in [0.15, 0.2) is 11.6 Å². The average Bonchev–Trinajstić information content (AvgIpc) is 3.19. The third-order valence-corrected chi connectivity index (χ3v) is 7.09. The predicted molar refractivity (Wildman–Crippen MR) is 130 cm³/mol. The number of allylic oxidation sites excluding steroid dienone is 2. The van der Waals surface area contributed by atoms with Crippen LogP contribution in [0.25, 0.3) is 0 Å². The Balaban J connectivity index is 1.47. The first-order chi connectivity index (χ1) is 16.2. The zero-order valence-corrected chi connectivity index (χ0v) is 20.2. The smallest absolute Gasteiger partial charge is 0.227 e. The van der Waals surface area contributed by atoms with Gasteiger partial charge in [0.25, 0.3) is 0 Å². The maximum Gasteiger partial charge on any atom is 0.227 e. The molecular weight excluding hydrogens is 475 g/mol. The van der Waals surface area contributed by atoms with Gasteiger partial charge in [-0.3, -0.25) is 9.59 Å². The molecule has 5 rings (SSSR count). The molecule has 1 aliphatic carbocycles. The van der Waals surface area contributed by atoms with Gasteiger partial charge in [-0.1, -0.05) is 49.3 Å². The molecule has 0 fully saturated rings. The SMILES string of the molecule is CC1(C)CC(=O)C2=C(C1)Nc1nc(SCC(=O)c3ccc(F)cc3)nn1[C@@H]2c1ccc(Cl)cc1. The van der Waals surface area contributed by atoms with Crippen LogP contribution in [-0.4, -0.2) is 32.1 Å². The summed E-state index contributed by atoms with van der Waals surface area (Å²) in [5.41, 5.74) is 2.71. The van der Waals surface area contributed by atoms with Crippen molar-refractivity contribution in [3.8, 4) is 0 Å². The highest BCUT2D eigenvalue weighted by molar-refractivity contribution is 7.99. The van der Waals surface area contributed by atoms with Crippen molar-refractivity contribution >= 4 is 40.9 Å². The molecule has 6 nitrogen and oxygen atoms in total. The van der Waals surface area contributed by atoms with E-state index in [9.17, 15) is 14.0 Å². The normalized spacial score (nSPS) is 18.8. The standard InChI is InChI=1S/C25H22ClFN4O2S/c1-25(2)11-18-21(19(32)12-25)22(15-3-7-16(26)8-4-15)31-23(28-18)29-24(30-31)34-13-20(33)14-5-9-17(27)10-6-14/h3-10,22H,11-13H2,1-2H3,(H,28,29,30)/t22-/m1/s1. The number of Topliss-reactive ketones (excluding diaryl/α,β-unsaturated/α-hetero) is 2. The molecule has 0 amide bonds. The molecule has 0 radical (unpaired) electrons. The molecular formula is C25H22ClFN4O2S. The van der Waals surface area contributed by atoms with Gasteiger partial charge in [-0.05, 0) is 53.8 Å². The number of carbonyl (C=O) groups excluding carboxylic acids is 2. The number of nitrogens with one attached hydrogen (secondary N) is 1. The summed E-state index contributed by atoms with van der Waals surface area (Å²) in [5, 5.41) is 9.00. The third kappa shape index (κ3) is 4.40. The summed E-state index contributed by atoms with van der Waals surface area (Å²) >= 11 is 7.31. The molecule has 0 saturated carbocycles. The molecule has 1 atom stereocenters. The first-order valence-electron chi connectivity index (χ1n) is 10.9. The fourth-order valence-electron chi connectivity index (χ4n) is 4.45. The number of nitrogens with zero attached hydrogens (tertiary/aromatic N) is 3. The maximum atomic E-state index is 13.2. The number of carbonyl (C=O) groups is 2. The molecule has 1 aromatic heterocycles. The lowest BCUT2D eigenvalue weighted by atomic mass is 9.73. The van der Waals surface area contributed by atoms with E-state index < -0.39 is 6.04 Å². The second kappa shape index (κ2) is 8.67. The van der Waals surface area contributed by atoms with Crippen molar-refractivity contribution in [1.82, 2.24) is 14.8 Å². The molecule has 1 aliphatic heterocycles. The predicted octanol–water partition coefficient (Wildman–Crippen LogP) is 5.70. The van der Waals surface area contributed by atoms with E-state index in [4.69, 9.17) is 11.6 Å². The lowest BCUT2D eigenvalue weighted by Gasteiger charge is -2.38. The quantitative estimate of drug-likeness (QED) is 0.360. The van der Waals surface area contributed by atoms with Gasteiger partial charge in [0.05, 0.1) is 5.75 Å². The largest absolute Gasteiger partial charge is 0.328 e. The van der Waals surface area contributed by atoms with Crippen LogP contribution in [0.4, 0.5) is 10.3 Å². The summed E-state index contributed by atoms with van der Waals surface area (Å²) < 4.78 is 14.9. The van der Waals surface area contributed by atoms with Crippen LogP contribution < -0.4 is 5.32 Å². The summed E-state index contributed by atoms with van der Waals surface area (Å²) in [5.74, 6) is 0.191. The summed E-state index contributed by atoms with van der Waals surface area (Å²) in [6, 6.07) is 12.4. The van der Waals surface area contributed by atoms with Gasteiger partial charge in [0, 0.05) is 28.3 Å². The molecule has 174 valence electrons. The van der Waals surface area contributed by atoms with Crippen LogP contribution in [0.3, 0.4) is 0 Å². The van der Waals surface area contributed by atoms with Crippen LogP contribution in [0.2, 0.25) is 5.02 Å². The van der Waals surface area contributed by atoms with Gasteiger partial charge in [0.2, 0.25) is 11.1 Å². The fraction of sp³-hybridized carbons (Fsp3) is 0.280. The van der Waals surface area contributed by atoms with E-state index in [0.717, 1.165) is 17.7 Å². The van der Waals surface area contributed by atoms with Crippen LogP contribution >= 0.6 is 23.4 Å². The van der Waals surface area contributed by atoms with E-state index in [1.807, 2.05) is 12.1 Å². The van der Waals surface area contributed by atoms with E-state index in [0.29, 0.717) is 33.7 Å². The Labute approximate surface area is 205 Å². The van der Waals surface area contributed by atoms with Crippen molar-refractivity contribution in [2.45, 2.75) is 37.9 Å². The molecule has 0 bridgehead atoms. The minimum atomic E-state index is -0.429. The number of rotatable bonds is 5. The van der Waals surface area contributed by atoms with Crippen LogP contribution in [-0.2, 0) is 4.79 Å². The number of anilines is 1. The fourth-order valence-corrected chi connectivity index (χ4v) is 5.30. The molecule has 2 aromatic carbocycles. The van der Waals surface area contributed by atoms with Crippen LogP contribution in [0.1, 0.15) is 48.7 Å². The summed E-state index contributed by atoms with van der Waals surface area (Å²) in [6.07, 6.45) is 1.17. The van der Waals surface area contributed by atoms with Crippen molar-refractivity contribution in [2.75, 3.05) is 11.1 Å². The Morgan fingerprint density at radius 2 is 1.88 bits per heavy atom. The Morgan fingerprint density at radius 1 is 1.18 bits per heavy atom. The molecule has 9 heteroatoms. The molecule has 0 saturated heterocycles. The highest BCUT2D eigenvalue weighted by Gasteiger charge is 2.41. The number of halogens is 2. The molecule has 2 heterocycles. The highest BCUT2D eigenvalue weighted by Crippen LogP contribution is 2.45. The zero-order valence-electron chi connectivity index (χ0n) is 18.6. The molecule has 0 unspecified atom stereocenters.